The molecule has 1 aliphatic heterocycles. The van der Waals surface area contributed by atoms with Gasteiger partial charge in [-0.25, -0.2) is 9.97 Å². The van der Waals surface area contributed by atoms with E-state index in [0.29, 0.717) is 0 Å². The predicted octanol–water partition coefficient (Wildman–Crippen LogP) is 2.78. The molecule has 0 aliphatic carbocycles. The Bertz CT molecular complexity index is 491. The van der Waals surface area contributed by atoms with Crippen LogP contribution in [0.5, 0.6) is 0 Å². The molecule has 1 aliphatic rings. The van der Waals surface area contributed by atoms with E-state index in [-0.39, 0.29) is 5.60 Å². The molecule has 1 atom stereocenters. The zero-order valence-electron chi connectivity index (χ0n) is 14.0. The summed E-state index contributed by atoms with van der Waals surface area (Å²) in [5.74, 6) is 2.92. The van der Waals surface area contributed by atoms with E-state index in [1.807, 2.05) is 7.05 Å². The minimum Gasteiger partial charge on any atom is -0.377 e. The first-order valence-electron chi connectivity index (χ1n) is 7.88. The van der Waals surface area contributed by atoms with Crippen molar-refractivity contribution in [2.45, 2.75) is 52.1 Å². The Hall–Kier alpha value is -1.36. The van der Waals surface area contributed by atoms with Crippen LogP contribution in [0.1, 0.15) is 44.5 Å². The molecule has 0 amide bonds. The number of nitrogens with zero attached hydrogens (tertiary/aromatic N) is 3. The highest BCUT2D eigenvalue weighted by Crippen LogP contribution is 2.30. The molecule has 0 bridgehead atoms. The Morgan fingerprint density at radius 1 is 1.38 bits per heavy atom. The van der Waals surface area contributed by atoms with Crippen molar-refractivity contribution in [1.29, 1.82) is 0 Å². The first kappa shape index (κ1) is 16.0. The topological polar surface area (TPSA) is 50.3 Å². The van der Waals surface area contributed by atoms with E-state index >= 15 is 0 Å². The van der Waals surface area contributed by atoms with Crippen molar-refractivity contribution in [3.8, 4) is 0 Å². The fraction of sp³-hybridized carbons (Fsp3) is 0.750. The maximum absolute atomic E-state index is 5.70. The second kappa shape index (κ2) is 6.60. The fourth-order valence-corrected chi connectivity index (χ4v) is 2.99. The van der Waals surface area contributed by atoms with Crippen molar-refractivity contribution in [2.75, 3.05) is 37.5 Å². The Morgan fingerprint density at radius 3 is 2.76 bits per heavy atom. The maximum Gasteiger partial charge on any atom is 0.137 e. The molecule has 1 saturated heterocycles. The molecule has 1 N–H and O–H groups in total. The number of methoxy groups -OCH3 is 1. The van der Waals surface area contributed by atoms with Gasteiger partial charge in [0.2, 0.25) is 0 Å². The minimum atomic E-state index is -0.0830. The van der Waals surface area contributed by atoms with Gasteiger partial charge < -0.3 is 15.0 Å². The first-order chi connectivity index (χ1) is 10.0. The molecule has 21 heavy (non-hydrogen) atoms. The SMILES string of the molecule is CCCc1nc(NC)c(C)c(N2CCCC(C)(OC)C2)n1. The van der Waals surface area contributed by atoms with Gasteiger partial charge in [0, 0.05) is 39.2 Å². The second-order valence-corrected chi connectivity index (χ2v) is 6.12. The Kier molecular flexibility index (Phi) is 5.04. The Morgan fingerprint density at radius 2 is 2.14 bits per heavy atom. The van der Waals surface area contributed by atoms with Crippen molar-refractivity contribution in [2.24, 2.45) is 0 Å². The molecule has 0 saturated carbocycles. The van der Waals surface area contributed by atoms with Gasteiger partial charge in [0.05, 0.1) is 5.60 Å². The lowest BCUT2D eigenvalue weighted by Crippen LogP contribution is -2.48. The molecule has 0 spiro atoms. The van der Waals surface area contributed by atoms with E-state index in [2.05, 4.69) is 36.0 Å². The lowest BCUT2D eigenvalue weighted by Gasteiger charge is -2.40. The summed E-state index contributed by atoms with van der Waals surface area (Å²) in [5.41, 5.74) is 1.04. The van der Waals surface area contributed by atoms with Gasteiger partial charge in [-0.3, -0.25) is 0 Å². The van der Waals surface area contributed by atoms with Gasteiger partial charge in [-0.15, -0.1) is 0 Å². The minimum absolute atomic E-state index is 0.0830. The van der Waals surface area contributed by atoms with Crippen LogP contribution in [0.15, 0.2) is 0 Å². The summed E-state index contributed by atoms with van der Waals surface area (Å²) in [6.07, 6.45) is 4.20. The van der Waals surface area contributed by atoms with Crippen molar-refractivity contribution in [3.05, 3.63) is 11.4 Å². The van der Waals surface area contributed by atoms with E-state index < -0.39 is 0 Å². The van der Waals surface area contributed by atoms with Crippen LogP contribution in [0.25, 0.3) is 0 Å². The summed E-state index contributed by atoms with van der Waals surface area (Å²) < 4.78 is 5.70. The summed E-state index contributed by atoms with van der Waals surface area (Å²) in [4.78, 5) is 11.8. The van der Waals surface area contributed by atoms with Crippen molar-refractivity contribution in [1.82, 2.24) is 9.97 Å². The van der Waals surface area contributed by atoms with Crippen molar-refractivity contribution >= 4 is 11.6 Å². The zero-order chi connectivity index (χ0) is 15.5. The molecule has 0 radical (unpaired) electrons. The van der Waals surface area contributed by atoms with Gasteiger partial charge in [-0.1, -0.05) is 6.92 Å². The van der Waals surface area contributed by atoms with Crippen molar-refractivity contribution < 1.29 is 4.74 Å². The van der Waals surface area contributed by atoms with Gasteiger partial charge in [-0.05, 0) is 33.1 Å². The summed E-state index contributed by atoms with van der Waals surface area (Å²) >= 11 is 0. The van der Waals surface area contributed by atoms with Crippen LogP contribution in [-0.4, -0.2) is 42.8 Å². The predicted molar refractivity (Wildman–Crippen MR) is 87.2 cm³/mol. The van der Waals surface area contributed by atoms with Crippen LogP contribution in [0.2, 0.25) is 0 Å². The van der Waals surface area contributed by atoms with Crippen LogP contribution >= 0.6 is 0 Å². The maximum atomic E-state index is 5.70. The summed E-state index contributed by atoms with van der Waals surface area (Å²) in [5, 5.41) is 3.20. The standard InChI is InChI=1S/C16H28N4O/c1-6-8-13-18-14(17-4)12(2)15(19-13)20-10-7-9-16(3,11-20)21-5/h6-11H2,1-5H3,(H,17,18,19). The number of piperidine rings is 1. The smallest absolute Gasteiger partial charge is 0.137 e. The van der Waals surface area contributed by atoms with E-state index in [1.165, 1.54) is 0 Å². The number of anilines is 2. The monoisotopic (exact) mass is 292 g/mol. The Balaban J connectivity index is 2.35. The highest BCUT2D eigenvalue weighted by molar-refractivity contribution is 5.58. The quantitative estimate of drug-likeness (QED) is 0.904. The number of aromatic nitrogens is 2. The average molecular weight is 292 g/mol. The largest absolute Gasteiger partial charge is 0.377 e. The Labute approximate surface area is 128 Å². The molecule has 1 fully saturated rings. The molecule has 1 aromatic heterocycles. The van der Waals surface area contributed by atoms with Gasteiger partial charge in [0.15, 0.2) is 0 Å². The lowest BCUT2D eigenvalue weighted by molar-refractivity contribution is -0.00484. The third kappa shape index (κ3) is 3.46. The van der Waals surface area contributed by atoms with Crippen LogP contribution in [0.4, 0.5) is 11.6 Å². The molecular formula is C16H28N4O. The highest BCUT2D eigenvalue weighted by Gasteiger charge is 2.32. The molecular weight excluding hydrogens is 264 g/mol. The van der Waals surface area contributed by atoms with E-state index in [1.54, 1.807) is 7.11 Å². The highest BCUT2D eigenvalue weighted by atomic mass is 16.5. The molecule has 5 heteroatoms. The van der Waals surface area contributed by atoms with Gasteiger partial charge in [-0.2, -0.15) is 0 Å². The molecule has 118 valence electrons. The van der Waals surface area contributed by atoms with E-state index in [4.69, 9.17) is 9.72 Å². The number of hydrogen-bond donors (Lipinski definition) is 1. The van der Waals surface area contributed by atoms with E-state index in [9.17, 15) is 0 Å². The molecule has 1 aromatic rings. The molecule has 1 unspecified atom stereocenters. The third-order valence-corrected chi connectivity index (χ3v) is 4.33. The fourth-order valence-electron chi connectivity index (χ4n) is 2.99. The normalized spacial score (nSPS) is 22.4. The number of rotatable bonds is 5. The number of nitrogens with one attached hydrogen (secondary N) is 1. The molecule has 2 rings (SSSR count). The van der Waals surface area contributed by atoms with Gasteiger partial charge >= 0.3 is 0 Å². The second-order valence-electron chi connectivity index (χ2n) is 6.12. The summed E-state index contributed by atoms with van der Waals surface area (Å²) in [6, 6.07) is 0. The first-order valence-corrected chi connectivity index (χ1v) is 7.88. The van der Waals surface area contributed by atoms with E-state index in [0.717, 1.165) is 61.8 Å². The number of ether oxygens (including phenoxy) is 1. The zero-order valence-corrected chi connectivity index (χ0v) is 14.0. The molecule has 2 heterocycles. The van der Waals surface area contributed by atoms with Crippen LogP contribution in [-0.2, 0) is 11.2 Å². The molecule has 5 nitrogen and oxygen atoms in total. The summed E-state index contributed by atoms with van der Waals surface area (Å²) in [6.45, 7) is 8.35. The van der Waals surface area contributed by atoms with Crippen LogP contribution in [0, 0.1) is 6.92 Å². The number of aryl methyl sites for hydroxylation is 1. The van der Waals surface area contributed by atoms with Crippen LogP contribution in [0.3, 0.4) is 0 Å². The number of hydrogen-bond acceptors (Lipinski definition) is 5. The average Bonchev–Trinajstić information content (AvgIpc) is 2.49. The van der Waals surface area contributed by atoms with Crippen LogP contribution < -0.4 is 10.2 Å². The third-order valence-electron chi connectivity index (χ3n) is 4.33. The summed E-state index contributed by atoms with van der Waals surface area (Å²) in [7, 11) is 3.72. The molecule has 0 aromatic carbocycles. The van der Waals surface area contributed by atoms with Gasteiger partial charge in [0.25, 0.3) is 0 Å². The van der Waals surface area contributed by atoms with Crippen molar-refractivity contribution in [3.63, 3.8) is 0 Å². The lowest BCUT2D eigenvalue weighted by atomic mass is 9.94. The van der Waals surface area contributed by atoms with Gasteiger partial charge in [0.1, 0.15) is 17.5 Å².